The molecular weight excluding hydrogens is 688 g/mol. The molecule has 1 aromatic heterocycles. The van der Waals surface area contributed by atoms with E-state index >= 15 is 0 Å². The summed E-state index contributed by atoms with van der Waals surface area (Å²) in [7, 11) is 1.57. The molecule has 2 heterocycles. The molecule has 1 atom stereocenters. The maximum absolute atomic E-state index is 14.1. The van der Waals surface area contributed by atoms with Crippen LogP contribution in [0.4, 0.5) is 0 Å². The number of benzene rings is 3. The predicted octanol–water partition coefficient (Wildman–Crippen LogP) is 5.39. The molecule has 0 unspecified atom stereocenters. The highest BCUT2D eigenvalue weighted by Crippen LogP contribution is 2.36. The van der Waals surface area contributed by atoms with Gasteiger partial charge in [-0.1, -0.05) is 69.7 Å². The van der Waals surface area contributed by atoms with Gasteiger partial charge in [0.25, 0.3) is 5.56 Å². The van der Waals surface area contributed by atoms with Crippen molar-refractivity contribution in [1.82, 2.24) is 4.57 Å². The molecule has 0 amide bonds. The van der Waals surface area contributed by atoms with Crippen LogP contribution in [0.5, 0.6) is 11.5 Å². The number of thiazole rings is 1. The van der Waals surface area contributed by atoms with Crippen molar-refractivity contribution in [1.29, 1.82) is 0 Å². The zero-order valence-electron chi connectivity index (χ0n) is 22.7. The molecule has 42 heavy (non-hydrogen) atoms. The lowest BCUT2D eigenvalue weighted by Crippen LogP contribution is -2.40. The molecule has 3 aromatic carbocycles. The Morgan fingerprint density at radius 1 is 1.07 bits per heavy atom. The van der Waals surface area contributed by atoms with Crippen LogP contribution in [0.15, 0.2) is 91.0 Å². The molecule has 1 aliphatic rings. The average molecular weight is 712 g/mol. The van der Waals surface area contributed by atoms with Crippen molar-refractivity contribution in [3.63, 3.8) is 0 Å². The molecule has 0 bridgehead atoms. The Bertz CT molecular complexity index is 1900. The molecule has 0 fully saturated rings. The predicted molar refractivity (Wildman–Crippen MR) is 167 cm³/mol. The maximum atomic E-state index is 14.1. The summed E-state index contributed by atoms with van der Waals surface area (Å²) in [5, 5.41) is 0. The number of carbonyl (C=O) groups excluding carboxylic acids is 2. The van der Waals surface area contributed by atoms with Crippen molar-refractivity contribution in [2.45, 2.75) is 19.9 Å². The van der Waals surface area contributed by atoms with Crippen molar-refractivity contribution in [3.05, 3.63) is 118 Å². The van der Waals surface area contributed by atoms with Crippen LogP contribution in [0.2, 0.25) is 0 Å². The van der Waals surface area contributed by atoms with Crippen molar-refractivity contribution >= 4 is 66.9 Å². The van der Waals surface area contributed by atoms with Crippen molar-refractivity contribution in [2.75, 3.05) is 13.7 Å². The average Bonchev–Trinajstić information content (AvgIpc) is 3.28. The molecule has 214 valence electrons. The van der Waals surface area contributed by atoms with Gasteiger partial charge in [0.2, 0.25) is 0 Å². The molecule has 1 aliphatic heterocycles. The second kappa shape index (κ2) is 12.6. The quantitative estimate of drug-likeness (QED) is 0.188. The smallest absolute Gasteiger partial charge is 0.338 e. The SMILES string of the molecule is CCOC(=O)C1=C(c2ccccc2)N=c2s/c(=C\c3cc(Br)cc(Br)c3OC(C)=O)c(=O)n2[C@H]1c1ccc(OC)cc1. The van der Waals surface area contributed by atoms with Gasteiger partial charge < -0.3 is 14.2 Å². The fourth-order valence-corrected chi connectivity index (χ4v) is 6.95. The fourth-order valence-electron chi connectivity index (χ4n) is 4.62. The van der Waals surface area contributed by atoms with Crippen LogP contribution in [0.3, 0.4) is 0 Å². The number of ether oxygens (including phenoxy) is 3. The van der Waals surface area contributed by atoms with Crippen molar-refractivity contribution < 1.29 is 23.8 Å². The van der Waals surface area contributed by atoms with E-state index in [1.807, 2.05) is 42.5 Å². The first kappa shape index (κ1) is 29.7. The summed E-state index contributed by atoms with van der Waals surface area (Å²) >= 11 is 8.09. The second-order valence-corrected chi connectivity index (χ2v) is 11.9. The minimum Gasteiger partial charge on any atom is -0.497 e. The first-order valence-corrected chi connectivity index (χ1v) is 15.2. The Kier molecular flexibility index (Phi) is 8.91. The van der Waals surface area contributed by atoms with Gasteiger partial charge in [-0.05, 0) is 58.8 Å². The summed E-state index contributed by atoms with van der Waals surface area (Å²) in [5.41, 5.74) is 2.21. The van der Waals surface area contributed by atoms with Crippen LogP contribution in [0.1, 0.15) is 36.6 Å². The van der Waals surface area contributed by atoms with E-state index in [0.29, 0.717) is 41.9 Å². The summed E-state index contributed by atoms with van der Waals surface area (Å²) in [6, 6.07) is 19.2. The number of esters is 2. The van der Waals surface area contributed by atoms with E-state index < -0.39 is 18.0 Å². The van der Waals surface area contributed by atoms with E-state index in [9.17, 15) is 14.4 Å². The fraction of sp³-hybridized carbons (Fsp3) is 0.161. The van der Waals surface area contributed by atoms with Crippen molar-refractivity contribution in [3.8, 4) is 11.5 Å². The zero-order chi connectivity index (χ0) is 30.0. The first-order chi connectivity index (χ1) is 20.2. The Morgan fingerprint density at radius 2 is 1.79 bits per heavy atom. The van der Waals surface area contributed by atoms with Gasteiger partial charge in [0.15, 0.2) is 10.6 Å². The number of nitrogens with zero attached hydrogens (tertiary/aromatic N) is 2. The normalized spacial score (nSPS) is 14.7. The molecule has 4 aromatic rings. The first-order valence-electron chi connectivity index (χ1n) is 12.8. The van der Waals surface area contributed by atoms with E-state index in [2.05, 4.69) is 31.9 Å². The molecule has 8 nitrogen and oxygen atoms in total. The summed E-state index contributed by atoms with van der Waals surface area (Å²) in [4.78, 5) is 44.8. The number of halogens is 2. The van der Waals surface area contributed by atoms with E-state index in [4.69, 9.17) is 19.2 Å². The van der Waals surface area contributed by atoms with Crippen LogP contribution in [0.25, 0.3) is 11.8 Å². The van der Waals surface area contributed by atoms with Gasteiger partial charge in [0, 0.05) is 22.5 Å². The zero-order valence-corrected chi connectivity index (χ0v) is 26.7. The summed E-state index contributed by atoms with van der Waals surface area (Å²) in [6.45, 7) is 3.19. The lowest BCUT2D eigenvalue weighted by Gasteiger charge is -2.26. The standard InChI is InChI=1S/C31H24Br2N2O6S/c1-4-40-30(38)25-26(18-8-6-5-7-9-18)34-31-35(27(25)19-10-12-22(39-3)13-11-19)29(37)24(42-31)15-20-14-21(32)16-23(33)28(20)41-17(2)36/h5-16,27H,4H2,1-3H3/b24-15-/t27-/m0/s1. The molecule has 5 rings (SSSR count). The van der Waals surface area contributed by atoms with E-state index in [1.54, 1.807) is 44.4 Å². The maximum Gasteiger partial charge on any atom is 0.338 e. The molecule has 0 spiro atoms. The van der Waals surface area contributed by atoms with Gasteiger partial charge in [-0.3, -0.25) is 14.2 Å². The topological polar surface area (TPSA) is 96.2 Å². The van der Waals surface area contributed by atoms with Crippen LogP contribution < -0.4 is 24.4 Å². The third-order valence-electron chi connectivity index (χ3n) is 6.37. The number of hydrogen-bond donors (Lipinski definition) is 0. The van der Waals surface area contributed by atoms with Gasteiger partial charge in [-0.15, -0.1) is 0 Å². The Labute approximate surface area is 261 Å². The largest absolute Gasteiger partial charge is 0.497 e. The summed E-state index contributed by atoms with van der Waals surface area (Å²) in [5.74, 6) is -0.154. The number of rotatable bonds is 7. The van der Waals surface area contributed by atoms with Gasteiger partial charge in [-0.25, -0.2) is 9.79 Å². The summed E-state index contributed by atoms with van der Waals surface area (Å²) in [6.07, 6.45) is 1.65. The van der Waals surface area contributed by atoms with Crippen LogP contribution in [-0.4, -0.2) is 30.2 Å². The molecule has 11 heteroatoms. The molecular formula is C31H24Br2N2O6S. The van der Waals surface area contributed by atoms with Crippen LogP contribution in [0, 0.1) is 0 Å². The number of aromatic nitrogens is 1. The van der Waals surface area contributed by atoms with Crippen molar-refractivity contribution in [2.24, 2.45) is 4.99 Å². The Morgan fingerprint density at radius 3 is 2.43 bits per heavy atom. The van der Waals surface area contributed by atoms with Gasteiger partial charge in [0.05, 0.1) is 40.0 Å². The Balaban J connectivity index is 1.83. The summed E-state index contributed by atoms with van der Waals surface area (Å²) < 4.78 is 19.4. The van der Waals surface area contributed by atoms with Crippen LogP contribution >= 0.6 is 43.2 Å². The van der Waals surface area contributed by atoms with Crippen LogP contribution in [-0.2, 0) is 14.3 Å². The minimum absolute atomic E-state index is 0.154. The molecule has 0 saturated heterocycles. The van der Waals surface area contributed by atoms with Gasteiger partial charge >= 0.3 is 11.9 Å². The second-order valence-electron chi connectivity index (χ2n) is 9.10. The van der Waals surface area contributed by atoms with Gasteiger partial charge in [-0.2, -0.15) is 0 Å². The van der Waals surface area contributed by atoms with E-state index in [-0.39, 0.29) is 23.5 Å². The molecule has 0 radical (unpaired) electrons. The monoisotopic (exact) mass is 710 g/mol. The minimum atomic E-state index is -0.828. The number of hydrogen-bond acceptors (Lipinski definition) is 8. The lowest BCUT2D eigenvalue weighted by molar-refractivity contribution is -0.139. The third-order valence-corrected chi connectivity index (χ3v) is 8.40. The highest BCUT2D eigenvalue weighted by atomic mass is 79.9. The number of methoxy groups -OCH3 is 1. The third kappa shape index (κ3) is 5.90. The Hall–Kier alpha value is -3.80. The van der Waals surface area contributed by atoms with Gasteiger partial charge in [0.1, 0.15) is 5.75 Å². The molecule has 0 saturated carbocycles. The number of fused-ring (bicyclic) bond motifs is 1. The molecule has 0 N–H and O–H groups in total. The number of carbonyl (C=O) groups is 2. The van der Waals surface area contributed by atoms with E-state index in [1.165, 1.54) is 22.8 Å². The highest BCUT2D eigenvalue weighted by Gasteiger charge is 2.35. The molecule has 0 aliphatic carbocycles. The lowest BCUT2D eigenvalue weighted by atomic mass is 9.93. The highest BCUT2D eigenvalue weighted by molar-refractivity contribution is 9.11. The van der Waals surface area contributed by atoms with E-state index in [0.717, 1.165) is 4.47 Å².